The zero-order valence-electron chi connectivity index (χ0n) is 18.3. The van der Waals surface area contributed by atoms with Gasteiger partial charge in [-0.05, 0) is 56.6 Å². The van der Waals surface area contributed by atoms with E-state index < -0.39 is 0 Å². The first-order valence-electron chi connectivity index (χ1n) is 11.0. The number of hydrogen-bond donors (Lipinski definition) is 0. The van der Waals surface area contributed by atoms with Crippen LogP contribution in [0.2, 0.25) is 0 Å². The third kappa shape index (κ3) is 4.08. The molecule has 1 unspecified atom stereocenters. The van der Waals surface area contributed by atoms with Gasteiger partial charge in [-0.25, -0.2) is 9.48 Å². The van der Waals surface area contributed by atoms with Gasteiger partial charge < -0.3 is 9.64 Å². The topological polar surface area (TPSA) is 69.4 Å². The molecule has 2 aliphatic rings. The Morgan fingerprint density at radius 1 is 1.17 bits per heavy atom. The van der Waals surface area contributed by atoms with E-state index in [-0.39, 0.29) is 17.5 Å². The van der Waals surface area contributed by atoms with Gasteiger partial charge >= 0.3 is 5.69 Å². The molecular formula is C23H32N4O3. The third-order valence-corrected chi connectivity index (χ3v) is 6.59. The molecule has 1 saturated heterocycles. The summed E-state index contributed by atoms with van der Waals surface area (Å²) in [7, 11) is 1.73. The number of likely N-dealkylation sites (tertiary alicyclic amines) is 1. The van der Waals surface area contributed by atoms with Gasteiger partial charge in [-0.15, -0.1) is 0 Å². The molecule has 7 heteroatoms. The molecule has 30 heavy (non-hydrogen) atoms. The number of benzene rings is 1. The number of piperidine rings is 1. The second-order valence-electron chi connectivity index (χ2n) is 8.80. The molecule has 1 fully saturated rings. The van der Waals surface area contributed by atoms with E-state index in [9.17, 15) is 9.59 Å². The number of aryl methyl sites for hydroxylation is 2. The fraction of sp³-hybridized carbons (Fsp3) is 0.609. The van der Waals surface area contributed by atoms with E-state index in [1.807, 2.05) is 4.90 Å². The lowest BCUT2D eigenvalue weighted by atomic mass is 9.93. The quantitative estimate of drug-likeness (QED) is 0.757. The number of amides is 1. The van der Waals surface area contributed by atoms with Crippen molar-refractivity contribution >= 4 is 5.91 Å². The lowest BCUT2D eigenvalue weighted by Gasteiger charge is -2.34. The molecule has 0 N–H and O–H groups in total. The van der Waals surface area contributed by atoms with Crippen molar-refractivity contribution in [3.63, 3.8) is 0 Å². The van der Waals surface area contributed by atoms with Crippen LogP contribution < -0.4 is 5.69 Å². The first-order chi connectivity index (χ1) is 14.5. The second kappa shape index (κ2) is 8.76. The number of nitrogens with zero attached hydrogens (tertiary/aromatic N) is 4. The van der Waals surface area contributed by atoms with Gasteiger partial charge in [0.05, 0.1) is 12.5 Å². The highest BCUT2D eigenvalue weighted by Crippen LogP contribution is 2.29. The van der Waals surface area contributed by atoms with Crippen molar-refractivity contribution < 1.29 is 9.53 Å². The largest absolute Gasteiger partial charge is 0.384 e. The predicted molar refractivity (Wildman–Crippen MR) is 115 cm³/mol. The van der Waals surface area contributed by atoms with Crippen LogP contribution in [0.15, 0.2) is 23.0 Å². The maximum atomic E-state index is 13.3. The number of fused-ring (bicyclic) bond motifs is 1. The molecule has 2 aliphatic heterocycles. The summed E-state index contributed by atoms with van der Waals surface area (Å²) < 4.78 is 8.52. The molecule has 3 heterocycles. The van der Waals surface area contributed by atoms with Gasteiger partial charge in [-0.3, -0.25) is 9.36 Å². The molecule has 0 spiro atoms. The Balaban J connectivity index is 1.54. The molecule has 1 aromatic carbocycles. The highest BCUT2D eigenvalue weighted by molar-refractivity contribution is 5.83. The Labute approximate surface area is 177 Å². The number of ether oxygens (including phenoxy) is 1. The molecule has 0 radical (unpaired) electrons. The van der Waals surface area contributed by atoms with Crippen molar-refractivity contribution in [3.8, 4) is 0 Å². The minimum atomic E-state index is -0.315. The van der Waals surface area contributed by atoms with E-state index in [0.29, 0.717) is 24.8 Å². The molecule has 0 saturated carbocycles. The van der Waals surface area contributed by atoms with E-state index in [4.69, 9.17) is 4.74 Å². The minimum absolute atomic E-state index is 0.109. The molecular weight excluding hydrogens is 380 g/mol. The van der Waals surface area contributed by atoms with Crippen molar-refractivity contribution in [2.24, 2.45) is 5.92 Å². The van der Waals surface area contributed by atoms with Gasteiger partial charge in [-0.1, -0.05) is 23.8 Å². The van der Waals surface area contributed by atoms with Gasteiger partial charge in [0.1, 0.15) is 5.82 Å². The Bertz CT molecular complexity index is 969. The summed E-state index contributed by atoms with van der Waals surface area (Å²) in [6.45, 7) is 7.46. The zero-order chi connectivity index (χ0) is 21.3. The average Bonchev–Trinajstić information content (AvgIpc) is 3.07. The van der Waals surface area contributed by atoms with E-state index in [1.54, 1.807) is 11.7 Å². The molecule has 2 aromatic rings. The third-order valence-electron chi connectivity index (χ3n) is 6.59. The van der Waals surface area contributed by atoms with Crippen molar-refractivity contribution in [3.05, 3.63) is 51.2 Å². The van der Waals surface area contributed by atoms with E-state index >= 15 is 0 Å². The van der Waals surface area contributed by atoms with E-state index in [0.717, 1.165) is 62.1 Å². The number of carbonyl (C=O) groups excluding carboxylic acids is 1. The van der Waals surface area contributed by atoms with Crippen LogP contribution in [-0.4, -0.2) is 52.0 Å². The van der Waals surface area contributed by atoms with Gasteiger partial charge in [0.2, 0.25) is 5.91 Å². The van der Waals surface area contributed by atoms with Crippen molar-refractivity contribution in [1.29, 1.82) is 0 Å². The maximum absolute atomic E-state index is 13.3. The normalized spacial score (nSPS) is 19.7. The standard InChI is InChI=1S/C23H32N4O3/c1-16-6-7-17(2)19(13-16)14-27-23(29)26-10-4-5-20(21(26)24-27)22(28)25-11-8-18(9-12-25)15-30-3/h6-7,13,18,20H,4-5,8-12,14-15H2,1-3H3. The zero-order valence-corrected chi connectivity index (χ0v) is 18.3. The summed E-state index contributed by atoms with van der Waals surface area (Å²) in [4.78, 5) is 28.2. The highest BCUT2D eigenvalue weighted by atomic mass is 16.5. The van der Waals surface area contributed by atoms with Crippen LogP contribution in [0.5, 0.6) is 0 Å². The Morgan fingerprint density at radius 3 is 2.67 bits per heavy atom. The number of carbonyl (C=O) groups is 1. The SMILES string of the molecule is COCC1CCN(C(=O)C2CCCn3c2nn(Cc2cc(C)ccc2C)c3=O)CC1. The molecule has 7 nitrogen and oxygen atoms in total. The van der Waals surface area contributed by atoms with Crippen LogP contribution in [0.3, 0.4) is 0 Å². The van der Waals surface area contributed by atoms with Gasteiger partial charge in [-0.2, -0.15) is 5.10 Å². The lowest BCUT2D eigenvalue weighted by Crippen LogP contribution is -2.43. The van der Waals surface area contributed by atoms with E-state index in [1.165, 1.54) is 4.68 Å². The fourth-order valence-electron chi connectivity index (χ4n) is 4.75. The smallest absolute Gasteiger partial charge is 0.346 e. The summed E-state index contributed by atoms with van der Waals surface area (Å²) in [5.74, 6) is 0.974. The Morgan fingerprint density at radius 2 is 1.93 bits per heavy atom. The second-order valence-corrected chi connectivity index (χ2v) is 8.80. The summed E-state index contributed by atoms with van der Waals surface area (Å²) in [6, 6.07) is 6.25. The van der Waals surface area contributed by atoms with Crippen molar-refractivity contribution in [2.45, 2.75) is 58.5 Å². The molecule has 1 amide bonds. The first kappa shape index (κ1) is 20.8. The number of rotatable bonds is 5. The van der Waals surface area contributed by atoms with Gasteiger partial charge in [0.15, 0.2) is 0 Å². The van der Waals surface area contributed by atoms with Gasteiger partial charge in [0, 0.05) is 33.4 Å². The number of methoxy groups -OCH3 is 1. The predicted octanol–water partition coefficient (Wildman–Crippen LogP) is 2.47. The molecule has 1 atom stereocenters. The van der Waals surface area contributed by atoms with Crippen LogP contribution in [0, 0.1) is 19.8 Å². The van der Waals surface area contributed by atoms with Crippen LogP contribution in [0.25, 0.3) is 0 Å². The molecule has 0 bridgehead atoms. The minimum Gasteiger partial charge on any atom is -0.384 e. The van der Waals surface area contributed by atoms with Crippen molar-refractivity contribution in [1.82, 2.24) is 19.2 Å². The molecule has 0 aliphatic carbocycles. The summed E-state index contributed by atoms with van der Waals surface area (Å²) >= 11 is 0. The lowest BCUT2D eigenvalue weighted by molar-refractivity contribution is -0.135. The summed E-state index contributed by atoms with van der Waals surface area (Å²) in [5.41, 5.74) is 3.29. The molecule has 1 aromatic heterocycles. The highest BCUT2D eigenvalue weighted by Gasteiger charge is 2.35. The first-order valence-corrected chi connectivity index (χ1v) is 11.0. The van der Waals surface area contributed by atoms with E-state index in [2.05, 4.69) is 37.1 Å². The summed E-state index contributed by atoms with van der Waals surface area (Å²) in [5, 5.41) is 4.66. The van der Waals surface area contributed by atoms with Crippen LogP contribution in [0.1, 0.15) is 54.1 Å². The fourth-order valence-corrected chi connectivity index (χ4v) is 4.75. The Hall–Kier alpha value is -2.41. The van der Waals surface area contributed by atoms with Gasteiger partial charge in [0.25, 0.3) is 0 Å². The number of hydrogen-bond acceptors (Lipinski definition) is 4. The monoisotopic (exact) mass is 412 g/mol. The molecule has 4 rings (SSSR count). The Kier molecular flexibility index (Phi) is 6.09. The number of aromatic nitrogens is 3. The van der Waals surface area contributed by atoms with Crippen molar-refractivity contribution in [2.75, 3.05) is 26.8 Å². The summed E-state index contributed by atoms with van der Waals surface area (Å²) in [6.07, 6.45) is 3.54. The maximum Gasteiger partial charge on any atom is 0.346 e. The average molecular weight is 413 g/mol. The van der Waals surface area contributed by atoms with Crippen LogP contribution in [-0.2, 0) is 22.6 Å². The van der Waals surface area contributed by atoms with Crippen LogP contribution >= 0.6 is 0 Å². The van der Waals surface area contributed by atoms with Crippen LogP contribution in [0.4, 0.5) is 0 Å². The molecule has 162 valence electrons.